The summed E-state index contributed by atoms with van der Waals surface area (Å²) < 4.78 is 0. The Bertz CT molecular complexity index is 362. The number of amides is 3. The van der Waals surface area contributed by atoms with Crippen LogP contribution in [0.5, 0.6) is 0 Å². The second kappa shape index (κ2) is 8.99. The van der Waals surface area contributed by atoms with E-state index in [0.29, 0.717) is 0 Å². The quantitative estimate of drug-likeness (QED) is 0.128. The summed E-state index contributed by atoms with van der Waals surface area (Å²) in [5.74, 6) is -1.87. The molecule has 0 aromatic carbocycles. The van der Waals surface area contributed by atoms with Gasteiger partial charge < -0.3 is 22.5 Å². The van der Waals surface area contributed by atoms with E-state index in [2.05, 4.69) is 16.2 Å². The minimum atomic E-state index is -0.812. The number of thioether (sulfide) groups is 1. The average Bonchev–Trinajstić information content (AvgIpc) is 2.29. The van der Waals surface area contributed by atoms with Crippen LogP contribution >= 0.6 is 11.8 Å². The zero-order valence-corrected chi connectivity index (χ0v) is 10.9. The van der Waals surface area contributed by atoms with Gasteiger partial charge >= 0.3 is 0 Å². The number of hydrogen-bond donors (Lipinski definition) is 7. The van der Waals surface area contributed by atoms with Crippen LogP contribution in [0.25, 0.3) is 0 Å². The van der Waals surface area contributed by atoms with Crippen LogP contribution in [0.15, 0.2) is 0 Å². The Labute approximate surface area is 113 Å². The van der Waals surface area contributed by atoms with Crippen LogP contribution in [0.4, 0.5) is 0 Å². The van der Waals surface area contributed by atoms with E-state index in [1.54, 1.807) is 0 Å². The Kier molecular flexibility index (Phi) is 8.04. The minimum Gasteiger partial charge on any atom is -0.369 e. The lowest BCUT2D eigenvalue weighted by Crippen LogP contribution is -2.55. The summed E-state index contributed by atoms with van der Waals surface area (Å²) in [6, 6.07) is -0.812. The molecule has 108 valence electrons. The van der Waals surface area contributed by atoms with E-state index >= 15 is 0 Å². The van der Waals surface area contributed by atoms with Gasteiger partial charge in [-0.2, -0.15) is 0 Å². The molecule has 0 rings (SSSR count). The number of hydrazine groups is 1. The molecular weight excluding hydrogens is 274 g/mol. The molecule has 0 saturated carbocycles. The average molecular weight is 291 g/mol. The number of carbonyl (C=O) groups excluding carboxylic acids is 3. The Balaban J connectivity index is 4.29. The number of hydrogen-bond acceptors (Lipinski definition) is 6. The third-order valence-corrected chi connectivity index (χ3v) is 2.72. The van der Waals surface area contributed by atoms with Gasteiger partial charge in [0.25, 0.3) is 0 Å². The van der Waals surface area contributed by atoms with Crippen LogP contribution in [0.2, 0.25) is 0 Å². The van der Waals surface area contributed by atoms with E-state index in [1.165, 1.54) is 0 Å². The largest absolute Gasteiger partial charge is 0.369 e. The predicted octanol–water partition coefficient (Wildman–Crippen LogP) is -3.84. The molecule has 11 heteroatoms. The van der Waals surface area contributed by atoms with Gasteiger partial charge in [0.2, 0.25) is 17.7 Å². The zero-order chi connectivity index (χ0) is 14.8. The first-order chi connectivity index (χ1) is 8.82. The summed E-state index contributed by atoms with van der Waals surface area (Å²) in [5, 5.41) is 9.25. The number of primary amides is 2. The highest BCUT2D eigenvalue weighted by atomic mass is 32.2. The first-order valence-corrected chi connectivity index (χ1v) is 6.26. The lowest BCUT2D eigenvalue weighted by atomic mass is 10.3. The van der Waals surface area contributed by atoms with Crippen LogP contribution in [-0.2, 0) is 14.4 Å². The third kappa shape index (κ3) is 9.67. The number of guanidine groups is 1. The molecule has 0 radical (unpaired) electrons. The Hall–Kier alpha value is -2.01. The van der Waals surface area contributed by atoms with Crippen molar-refractivity contribution in [2.45, 2.75) is 6.04 Å². The van der Waals surface area contributed by atoms with Gasteiger partial charge in [-0.05, 0) is 0 Å². The van der Waals surface area contributed by atoms with Crippen molar-refractivity contribution in [2.75, 3.05) is 18.1 Å². The normalized spacial score (nSPS) is 11.4. The molecule has 0 aliphatic carbocycles. The number of nitrogens with two attached hydrogens (primary N) is 3. The van der Waals surface area contributed by atoms with Crippen molar-refractivity contribution in [1.82, 2.24) is 16.2 Å². The monoisotopic (exact) mass is 291 g/mol. The first kappa shape index (κ1) is 17.0. The summed E-state index contributed by atoms with van der Waals surface area (Å²) >= 11 is 1.12. The number of rotatable bonds is 9. The van der Waals surface area contributed by atoms with Crippen LogP contribution in [0.3, 0.4) is 0 Å². The molecule has 0 aliphatic rings. The van der Waals surface area contributed by atoms with Crippen molar-refractivity contribution in [3.63, 3.8) is 0 Å². The molecule has 0 spiro atoms. The molecule has 0 aromatic heterocycles. The summed E-state index contributed by atoms with van der Waals surface area (Å²) in [5.41, 5.74) is 19.7. The van der Waals surface area contributed by atoms with Crippen LogP contribution < -0.4 is 33.4 Å². The molecule has 10 N–H and O–H groups in total. The van der Waals surface area contributed by atoms with E-state index in [4.69, 9.17) is 22.6 Å². The lowest BCUT2D eigenvalue weighted by Gasteiger charge is -2.18. The van der Waals surface area contributed by atoms with Crippen LogP contribution in [-0.4, -0.2) is 47.8 Å². The number of nitrogens with one attached hydrogen (secondary N) is 4. The van der Waals surface area contributed by atoms with Crippen LogP contribution in [0, 0.1) is 5.41 Å². The highest BCUT2D eigenvalue weighted by molar-refractivity contribution is 8.00. The molecule has 0 aromatic rings. The third-order valence-electron chi connectivity index (χ3n) is 1.66. The second-order valence-corrected chi connectivity index (χ2v) is 4.43. The Morgan fingerprint density at radius 3 is 2.26 bits per heavy atom. The molecule has 0 fully saturated rings. The highest BCUT2D eigenvalue weighted by Gasteiger charge is 2.18. The standard InChI is InChI=1S/C8H17N7O3S/c9-5(16)1-13-7(18)4(14-15-8(11)12)2-19-3-6(10)17/h4,14H,1-3H2,(H2,9,16)(H2,10,17)(H,13,18)(H4,11,12,15). The number of carbonyl (C=O) groups is 3. The van der Waals surface area contributed by atoms with Gasteiger partial charge in [-0.15, -0.1) is 11.8 Å². The highest BCUT2D eigenvalue weighted by Crippen LogP contribution is 2.02. The molecule has 0 aliphatic heterocycles. The van der Waals surface area contributed by atoms with Gasteiger partial charge in [0.1, 0.15) is 6.04 Å². The van der Waals surface area contributed by atoms with Crippen molar-refractivity contribution >= 4 is 35.4 Å². The van der Waals surface area contributed by atoms with E-state index < -0.39 is 23.8 Å². The SMILES string of the molecule is N=C(N)NNC(CSCC(N)=O)C(=O)NCC(N)=O. The minimum absolute atomic E-state index is 0.0430. The maximum Gasteiger partial charge on any atom is 0.240 e. The molecule has 10 nitrogen and oxygen atoms in total. The van der Waals surface area contributed by atoms with Crippen molar-refractivity contribution in [1.29, 1.82) is 5.41 Å². The van der Waals surface area contributed by atoms with Crippen LogP contribution in [0.1, 0.15) is 0 Å². The van der Waals surface area contributed by atoms with Gasteiger partial charge in [-0.3, -0.25) is 25.2 Å². The fraction of sp³-hybridized carbons (Fsp3) is 0.500. The van der Waals surface area contributed by atoms with E-state index in [0.717, 1.165) is 11.8 Å². The van der Waals surface area contributed by atoms with Gasteiger partial charge in [0, 0.05) is 5.75 Å². The zero-order valence-electron chi connectivity index (χ0n) is 10.1. The molecule has 0 bridgehead atoms. The fourth-order valence-corrected chi connectivity index (χ4v) is 1.71. The molecule has 0 heterocycles. The molecule has 1 unspecified atom stereocenters. The van der Waals surface area contributed by atoms with Gasteiger partial charge in [0.15, 0.2) is 5.96 Å². The summed E-state index contributed by atoms with van der Waals surface area (Å²) in [6.45, 7) is -0.308. The van der Waals surface area contributed by atoms with Crippen molar-refractivity contribution in [3.05, 3.63) is 0 Å². The summed E-state index contributed by atoms with van der Waals surface area (Å²) in [7, 11) is 0. The van der Waals surface area contributed by atoms with E-state index in [9.17, 15) is 14.4 Å². The Morgan fingerprint density at radius 2 is 1.79 bits per heavy atom. The molecule has 19 heavy (non-hydrogen) atoms. The van der Waals surface area contributed by atoms with E-state index in [1.807, 2.05) is 0 Å². The maximum atomic E-state index is 11.7. The second-order valence-electron chi connectivity index (χ2n) is 3.40. The molecular formula is C8H17N7O3S. The Morgan fingerprint density at radius 1 is 1.16 bits per heavy atom. The van der Waals surface area contributed by atoms with Gasteiger partial charge in [0.05, 0.1) is 12.3 Å². The maximum absolute atomic E-state index is 11.7. The van der Waals surface area contributed by atoms with E-state index in [-0.39, 0.29) is 24.0 Å². The van der Waals surface area contributed by atoms with Crippen molar-refractivity contribution < 1.29 is 14.4 Å². The fourth-order valence-electron chi connectivity index (χ4n) is 0.923. The topological polar surface area (TPSA) is 189 Å². The van der Waals surface area contributed by atoms with Crippen molar-refractivity contribution in [2.24, 2.45) is 17.2 Å². The molecule has 3 amide bonds. The summed E-state index contributed by atoms with van der Waals surface area (Å²) in [6.07, 6.45) is 0. The molecule has 0 saturated heterocycles. The lowest BCUT2D eigenvalue weighted by molar-refractivity contribution is -0.126. The summed E-state index contributed by atoms with van der Waals surface area (Å²) in [4.78, 5) is 32.8. The first-order valence-electron chi connectivity index (χ1n) is 5.10. The predicted molar refractivity (Wildman–Crippen MR) is 70.7 cm³/mol. The van der Waals surface area contributed by atoms with Gasteiger partial charge in [-0.25, -0.2) is 5.43 Å². The smallest absolute Gasteiger partial charge is 0.240 e. The molecule has 1 atom stereocenters. The van der Waals surface area contributed by atoms with Gasteiger partial charge in [-0.1, -0.05) is 0 Å². The van der Waals surface area contributed by atoms with Crippen molar-refractivity contribution in [3.8, 4) is 0 Å².